The first-order valence-corrected chi connectivity index (χ1v) is 8.19. The molecule has 0 aromatic heterocycles. The van der Waals surface area contributed by atoms with E-state index in [0.717, 1.165) is 11.0 Å². The summed E-state index contributed by atoms with van der Waals surface area (Å²) in [6.07, 6.45) is 1.20. The average molecular weight is 330 g/mol. The third-order valence-corrected chi connectivity index (χ3v) is 4.62. The molecule has 0 radical (unpaired) electrons. The Labute approximate surface area is 124 Å². The third-order valence-electron chi connectivity index (χ3n) is 2.73. The molecule has 1 N–H and O–H groups in total. The lowest BCUT2D eigenvalue weighted by molar-refractivity contribution is 0.422. The molecule has 0 aliphatic rings. The molecule has 1 aromatic rings. The Morgan fingerprint density at radius 2 is 2.00 bits per heavy atom. The van der Waals surface area contributed by atoms with Gasteiger partial charge in [-0.1, -0.05) is 29.8 Å². The quantitative estimate of drug-likeness (QED) is 0.742. The maximum atomic E-state index is 3.56. The van der Waals surface area contributed by atoms with Crippen molar-refractivity contribution in [3.05, 3.63) is 28.2 Å². The lowest BCUT2D eigenvalue weighted by Gasteiger charge is -2.22. The van der Waals surface area contributed by atoms with Gasteiger partial charge < -0.3 is 5.32 Å². The monoisotopic (exact) mass is 329 g/mol. The van der Waals surface area contributed by atoms with Gasteiger partial charge in [0.05, 0.1) is 0 Å². The van der Waals surface area contributed by atoms with Crippen LogP contribution in [0.25, 0.3) is 0 Å². The molecule has 0 aliphatic heterocycles. The van der Waals surface area contributed by atoms with Gasteiger partial charge in [-0.15, -0.1) is 11.8 Å². The number of rotatable bonds is 5. The number of hydrogen-bond donors (Lipinski definition) is 1. The number of halogens is 1. The molecule has 0 bridgehead atoms. The Hall–Kier alpha value is 0.01000. The maximum Gasteiger partial charge on any atom is 0.0221 e. The van der Waals surface area contributed by atoms with Crippen molar-refractivity contribution in [3.8, 4) is 0 Å². The fourth-order valence-corrected chi connectivity index (χ4v) is 2.90. The van der Waals surface area contributed by atoms with Gasteiger partial charge in [-0.25, -0.2) is 0 Å². The van der Waals surface area contributed by atoms with Gasteiger partial charge in [0.15, 0.2) is 0 Å². The molecule has 3 heteroatoms. The van der Waals surface area contributed by atoms with Crippen LogP contribution in [0.3, 0.4) is 0 Å². The lowest BCUT2D eigenvalue weighted by atomic mass is 10.1. The molecule has 18 heavy (non-hydrogen) atoms. The molecule has 102 valence electrons. The van der Waals surface area contributed by atoms with Gasteiger partial charge in [-0.2, -0.15) is 0 Å². The van der Waals surface area contributed by atoms with Crippen molar-refractivity contribution in [2.45, 2.75) is 63.3 Å². The zero-order valence-electron chi connectivity index (χ0n) is 12.0. The fourth-order valence-electron chi connectivity index (χ4n) is 1.46. The van der Waals surface area contributed by atoms with E-state index in [1.54, 1.807) is 0 Å². The highest BCUT2D eigenvalue weighted by molar-refractivity contribution is 9.10. The molecule has 0 saturated heterocycles. The van der Waals surface area contributed by atoms with Gasteiger partial charge in [-0.05, 0) is 51.0 Å². The first-order valence-electron chi connectivity index (χ1n) is 6.52. The van der Waals surface area contributed by atoms with Crippen LogP contribution >= 0.6 is 27.7 Å². The fraction of sp³-hybridized carbons (Fsp3) is 0.600. The SMILES string of the molecule is CCC(C)Sc1ccc(Br)cc1CNC(C)(C)C. The average Bonchev–Trinajstić information content (AvgIpc) is 2.28. The van der Waals surface area contributed by atoms with Crippen LogP contribution in [0.2, 0.25) is 0 Å². The van der Waals surface area contributed by atoms with E-state index in [1.807, 2.05) is 11.8 Å². The number of benzene rings is 1. The van der Waals surface area contributed by atoms with E-state index < -0.39 is 0 Å². The summed E-state index contributed by atoms with van der Waals surface area (Å²) in [6, 6.07) is 6.58. The number of hydrogen-bond acceptors (Lipinski definition) is 2. The molecule has 0 saturated carbocycles. The Balaban J connectivity index is 2.83. The number of nitrogens with one attached hydrogen (secondary N) is 1. The van der Waals surface area contributed by atoms with Gasteiger partial charge in [0.1, 0.15) is 0 Å². The molecule has 1 atom stereocenters. The van der Waals surface area contributed by atoms with Gasteiger partial charge in [0, 0.05) is 26.7 Å². The zero-order valence-corrected chi connectivity index (χ0v) is 14.4. The van der Waals surface area contributed by atoms with Crippen LogP contribution in [0.5, 0.6) is 0 Å². The molecule has 0 spiro atoms. The topological polar surface area (TPSA) is 12.0 Å². The summed E-state index contributed by atoms with van der Waals surface area (Å²) in [7, 11) is 0. The predicted molar refractivity (Wildman–Crippen MR) is 86.3 cm³/mol. The maximum absolute atomic E-state index is 3.56. The summed E-state index contributed by atoms with van der Waals surface area (Å²) in [5.74, 6) is 0. The van der Waals surface area contributed by atoms with E-state index in [2.05, 4.69) is 74.1 Å². The minimum Gasteiger partial charge on any atom is -0.308 e. The largest absolute Gasteiger partial charge is 0.308 e. The van der Waals surface area contributed by atoms with Gasteiger partial charge in [-0.3, -0.25) is 0 Å². The van der Waals surface area contributed by atoms with Gasteiger partial charge >= 0.3 is 0 Å². The molecule has 0 heterocycles. The zero-order chi connectivity index (χ0) is 13.8. The summed E-state index contributed by atoms with van der Waals surface area (Å²) in [5.41, 5.74) is 1.53. The predicted octanol–water partition coefficient (Wildman–Crippen LogP) is 5.23. The summed E-state index contributed by atoms with van der Waals surface area (Å²) < 4.78 is 1.15. The molecular weight excluding hydrogens is 306 g/mol. The summed E-state index contributed by atoms with van der Waals surface area (Å²) in [5, 5.41) is 4.23. The van der Waals surface area contributed by atoms with E-state index in [1.165, 1.54) is 16.9 Å². The standard InChI is InChI=1S/C15H24BrNS/c1-6-11(2)18-14-8-7-13(16)9-12(14)10-17-15(3,4)5/h7-9,11,17H,6,10H2,1-5H3. The van der Waals surface area contributed by atoms with Crippen LogP contribution in [0, 0.1) is 0 Å². The van der Waals surface area contributed by atoms with Crippen LogP contribution < -0.4 is 5.32 Å². The first kappa shape index (κ1) is 16.1. The van der Waals surface area contributed by atoms with E-state index >= 15 is 0 Å². The Bertz CT molecular complexity index is 385. The molecule has 1 rings (SSSR count). The lowest BCUT2D eigenvalue weighted by Crippen LogP contribution is -2.35. The molecule has 1 aromatic carbocycles. The van der Waals surface area contributed by atoms with Crippen molar-refractivity contribution in [2.75, 3.05) is 0 Å². The van der Waals surface area contributed by atoms with Crippen LogP contribution in [0.4, 0.5) is 0 Å². The highest BCUT2D eigenvalue weighted by Crippen LogP contribution is 2.30. The summed E-state index contributed by atoms with van der Waals surface area (Å²) in [6.45, 7) is 12.0. The molecule has 0 aliphatic carbocycles. The van der Waals surface area contributed by atoms with Crippen LogP contribution in [0.15, 0.2) is 27.6 Å². The van der Waals surface area contributed by atoms with Gasteiger partial charge in [0.2, 0.25) is 0 Å². The normalized spacial score (nSPS) is 13.7. The third kappa shape index (κ3) is 5.77. The van der Waals surface area contributed by atoms with E-state index in [9.17, 15) is 0 Å². The Morgan fingerprint density at radius 1 is 1.33 bits per heavy atom. The molecular formula is C15H24BrNS. The Kier molecular flexibility index (Phi) is 6.22. The van der Waals surface area contributed by atoms with E-state index in [0.29, 0.717) is 5.25 Å². The molecule has 1 unspecified atom stereocenters. The molecule has 1 nitrogen and oxygen atoms in total. The number of thioether (sulfide) groups is 1. The van der Waals surface area contributed by atoms with Crippen molar-refractivity contribution in [1.29, 1.82) is 0 Å². The molecule has 0 fully saturated rings. The van der Waals surface area contributed by atoms with Crippen LogP contribution in [-0.2, 0) is 6.54 Å². The highest BCUT2D eigenvalue weighted by atomic mass is 79.9. The summed E-state index contributed by atoms with van der Waals surface area (Å²) >= 11 is 5.53. The van der Waals surface area contributed by atoms with E-state index in [4.69, 9.17) is 0 Å². The van der Waals surface area contributed by atoms with Crippen molar-refractivity contribution >= 4 is 27.7 Å². The van der Waals surface area contributed by atoms with Gasteiger partial charge in [0.25, 0.3) is 0 Å². The minimum absolute atomic E-state index is 0.153. The van der Waals surface area contributed by atoms with E-state index in [-0.39, 0.29) is 5.54 Å². The Morgan fingerprint density at radius 3 is 2.56 bits per heavy atom. The van der Waals surface area contributed by atoms with Crippen molar-refractivity contribution in [1.82, 2.24) is 5.32 Å². The van der Waals surface area contributed by atoms with Crippen molar-refractivity contribution in [2.24, 2.45) is 0 Å². The second-order valence-electron chi connectivity index (χ2n) is 5.69. The molecule has 0 amide bonds. The summed E-state index contributed by atoms with van der Waals surface area (Å²) in [4.78, 5) is 1.39. The minimum atomic E-state index is 0.153. The second-order valence-corrected chi connectivity index (χ2v) is 8.09. The smallest absolute Gasteiger partial charge is 0.0221 e. The first-order chi connectivity index (χ1) is 8.31. The van der Waals surface area contributed by atoms with Crippen LogP contribution in [-0.4, -0.2) is 10.8 Å². The van der Waals surface area contributed by atoms with Crippen molar-refractivity contribution in [3.63, 3.8) is 0 Å². The second kappa shape index (κ2) is 6.97. The highest BCUT2D eigenvalue weighted by Gasteiger charge is 2.12. The van der Waals surface area contributed by atoms with Crippen LogP contribution in [0.1, 0.15) is 46.6 Å². The van der Waals surface area contributed by atoms with Crippen molar-refractivity contribution < 1.29 is 0 Å².